The molecule has 2 unspecified atom stereocenters. The third-order valence-electron chi connectivity index (χ3n) is 1.73. The van der Waals surface area contributed by atoms with Crippen molar-refractivity contribution in [1.29, 1.82) is 0 Å². The lowest BCUT2D eigenvalue weighted by Gasteiger charge is -2.30. The van der Waals surface area contributed by atoms with Crippen molar-refractivity contribution in [2.24, 2.45) is 11.5 Å². The maximum atomic E-state index is 10.5. The van der Waals surface area contributed by atoms with Crippen LogP contribution in [0.3, 0.4) is 0 Å². The molecule has 0 aromatic heterocycles. The summed E-state index contributed by atoms with van der Waals surface area (Å²) in [5.41, 5.74) is 8.50. The molecular weight excluding hydrogens is 148 g/mol. The molecule has 0 aliphatic heterocycles. The topological polar surface area (TPSA) is 110 Å². The van der Waals surface area contributed by atoms with E-state index < -0.39 is 23.7 Å². The lowest BCUT2D eigenvalue weighted by Crippen LogP contribution is -2.62. The summed E-state index contributed by atoms with van der Waals surface area (Å²) < 4.78 is 0. The minimum absolute atomic E-state index is 0.889. The van der Waals surface area contributed by atoms with E-state index >= 15 is 0 Å². The summed E-state index contributed by atoms with van der Waals surface area (Å²) in [4.78, 5) is 10.5. The highest BCUT2D eigenvalue weighted by Gasteiger charge is 2.43. The summed E-state index contributed by atoms with van der Waals surface area (Å²) in [6, 6.07) is -1.78. The maximum Gasteiger partial charge on any atom is 0.338 e. The molecule has 0 heterocycles. The van der Waals surface area contributed by atoms with Crippen LogP contribution < -0.4 is 11.5 Å². The van der Waals surface area contributed by atoms with E-state index in [2.05, 4.69) is 0 Å². The second-order valence-electron chi connectivity index (χ2n) is 2.71. The van der Waals surface area contributed by atoms with E-state index in [-0.39, 0.29) is 0 Å². The number of aliphatic carboxylic acids is 1. The molecule has 0 spiro atoms. The van der Waals surface area contributed by atoms with E-state index in [1.165, 1.54) is 13.8 Å². The van der Waals surface area contributed by atoms with E-state index in [4.69, 9.17) is 16.6 Å². The largest absolute Gasteiger partial charge is 0.479 e. The van der Waals surface area contributed by atoms with Crippen LogP contribution in [0.4, 0.5) is 0 Å². The van der Waals surface area contributed by atoms with E-state index in [9.17, 15) is 9.90 Å². The number of aliphatic hydroxyl groups is 1. The van der Waals surface area contributed by atoms with Crippen LogP contribution in [0.25, 0.3) is 0 Å². The molecule has 5 nitrogen and oxygen atoms in total. The number of carboxylic acid groups (broad SMARTS) is 1. The molecule has 0 rings (SSSR count). The Kier molecular flexibility index (Phi) is 2.98. The van der Waals surface area contributed by atoms with Crippen molar-refractivity contribution in [3.63, 3.8) is 0 Å². The Morgan fingerprint density at radius 2 is 1.64 bits per heavy atom. The highest BCUT2D eigenvalue weighted by atomic mass is 16.4. The van der Waals surface area contributed by atoms with Crippen LogP contribution in [0.5, 0.6) is 0 Å². The van der Waals surface area contributed by atoms with Gasteiger partial charge in [0, 0.05) is 12.1 Å². The number of carboxylic acids is 1. The van der Waals surface area contributed by atoms with Gasteiger partial charge in [0.15, 0.2) is 5.60 Å². The van der Waals surface area contributed by atoms with Crippen LogP contribution in [0.1, 0.15) is 13.8 Å². The Hall–Kier alpha value is -0.650. The first-order valence-corrected chi connectivity index (χ1v) is 3.30. The lowest BCUT2D eigenvalue weighted by atomic mass is 9.89. The van der Waals surface area contributed by atoms with Gasteiger partial charge in [-0.25, -0.2) is 4.79 Å². The van der Waals surface area contributed by atoms with Gasteiger partial charge in [0.05, 0.1) is 0 Å². The summed E-state index contributed by atoms with van der Waals surface area (Å²) in [5, 5.41) is 18.0. The average molecular weight is 162 g/mol. The third kappa shape index (κ3) is 1.68. The molecule has 0 saturated heterocycles. The van der Waals surface area contributed by atoms with E-state index in [1.54, 1.807) is 0 Å². The molecule has 0 aliphatic carbocycles. The zero-order valence-corrected chi connectivity index (χ0v) is 6.61. The fraction of sp³-hybridized carbons (Fsp3) is 0.833. The summed E-state index contributed by atoms with van der Waals surface area (Å²) in [6.07, 6.45) is 0. The Morgan fingerprint density at radius 3 is 1.64 bits per heavy atom. The molecule has 0 aliphatic rings. The molecule has 0 bridgehead atoms. The first kappa shape index (κ1) is 10.3. The van der Waals surface area contributed by atoms with Gasteiger partial charge in [-0.3, -0.25) is 0 Å². The highest BCUT2D eigenvalue weighted by Crippen LogP contribution is 2.12. The molecule has 0 saturated carbocycles. The minimum atomic E-state index is -2.03. The van der Waals surface area contributed by atoms with Crippen LogP contribution >= 0.6 is 0 Å². The molecule has 0 radical (unpaired) electrons. The van der Waals surface area contributed by atoms with Crippen molar-refractivity contribution in [3.8, 4) is 0 Å². The molecular formula is C6H14N2O3. The van der Waals surface area contributed by atoms with Crippen LogP contribution in [0, 0.1) is 0 Å². The number of nitrogens with two attached hydrogens (primary N) is 2. The molecule has 11 heavy (non-hydrogen) atoms. The van der Waals surface area contributed by atoms with Crippen molar-refractivity contribution in [1.82, 2.24) is 0 Å². The van der Waals surface area contributed by atoms with Gasteiger partial charge >= 0.3 is 5.97 Å². The third-order valence-corrected chi connectivity index (χ3v) is 1.73. The average Bonchev–Trinajstić information content (AvgIpc) is 1.84. The smallest absolute Gasteiger partial charge is 0.338 e. The predicted octanol–water partition coefficient (Wildman–Crippen LogP) is -1.50. The molecule has 0 aromatic carbocycles. The quantitative estimate of drug-likeness (QED) is 0.403. The van der Waals surface area contributed by atoms with Gasteiger partial charge < -0.3 is 21.7 Å². The maximum absolute atomic E-state index is 10.5. The fourth-order valence-corrected chi connectivity index (χ4v) is 0.804. The second kappa shape index (κ2) is 3.17. The van der Waals surface area contributed by atoms with Gasteiger partial charge in [-0.1, -0.05) is 0 Å². The van der Waals surface area contributed by atoms with Gasteiger partial charge in [0.25, 0.3) is 0 Å². The van der Waals surface area contributed by atoms with Gasteiger partial charge in [-0.2, -0.15) is 0 Å². The summed E-state index contributed by atoms with van der Waals surface area (Å²) in [5.74, 6) is -1.39. The zero-order chi connectivity index (χ0) is 9.23. The Balaban J connectivity index is 4.67. The number of hydrogen-bond acceptors (Lipinski definition) is 4. The Bertz CT molecular complexity index is 148. The van der Waals surface area contributed by atoms with Crippen molar-refractivity contribution >= 4 is 5.97 Å². The molecule has 0 fully saturated rings. The van der Waals surface area contributed by atoms with E-state index in [0.29, 0.717) is 0 Å². The number of hydrogen-bond donors (Lipinski definition) is 4. The fourth-order valence-electron chi connectivity index (χ4n) is 0.804. The standard InChI is InChI=1S/C6H14N2O3/c1-3(7)6(11,4(2)8)5(9)10/h3-4,11H,7-8H2,1-2H3,(H,9,10). The van der Waals surface area contributed by atoms with Crippen LogP contribution in [-0.4, -0.2) is 33.9 Å². The van der Waals surface area contributed by atoms with Crippen molar-refractivity contribution in [2.75, 3.05) is 0 Å². The number of rotatable bonds is 3. The van der Waals surface area contributed by atoms with Gasteiger partial charge in [-0.15, -0.1) is 0 Å². The minimum Gasteiger partial charge on any atom is -0.479 e. The summed E-state index contributed by atoms with van der Waals surface area (Å²) in [6.45, 7) is 2.80. The monoisotopic (exact) mass is 162 g/mol. The van der Waals surface area contributed by atoms with Gasteiger partial charge in [-0.05, 0) is 13.8 Å². The number of carbonyl (C=O) groups is 1. The highest BCUT2D eigenvalue weighted by molar-refractivity contribution is 5.79. The SMILES string of the molecule is CC(N)C(O)(C(=O)O)C(C)N. The zero-order valence-electron chi connectivity index (χ0n) is 6.61. The molecule has 5 heteroatoms. The molecule has 0 amide bonds. The van der Waals surface area contributed by atoms with E-state index in [1.807, 2.05) is 0 Å². The Morgan fingerprint density at radius 1 is 1.36 bits per heavy atom. The normalized spacial score (nSPS) is 21.9. The van der Waals surface area contributed by atoms with Crippen molar-refractivity contribution in [3.05, 3.63) is 0 Å². The van der Waals surface area contributed by atoms with Crippen molar-refractivity contribution in [2.45, 2.75) is 31.5 Å². The molecule has 66 valence electrons. The molecule has 0 aromatic rings. The van der Waals surface area contributed by atoms with E-state index in [0.717, 1.165) is 0 Å². The summed E-state index contributed by atoms with van der Waals surface area (Å²) >= 11 is 0. The van der Waals surface area contributed by atoms with Crippen LogP contribution in [0.2, 0.25) is 0 Å². The predicted molar refractivity (Wildman–Crippen MR) is 39.9 cm³/mol. The van der Waals surface area contributed by atoms with Gasteiger partial charge in [0.1, 0.15) is 0 Å². The Labute approximate surface area is 65.0 Å². The van der Waals surface area contributed by atoms with Crippen LogP contribution in [-0.2, 0) is 4.79 Å². The lowest BCUT2D eigenvalue weighted by molar-refractivity contribution is -0.162. The first-order valence-electron chi connectivity index (χ1n) is 3.30. The van der Waals surface area contributed by atoms with Crippen LogP contribution in [0.15, 0.2) is 0 Å². The molecule has 2 atom stereocenters. The second-order valence-corrected chi connectivity index (χ2v) is 2.71. The summed E-state index contributed by atoms with van der Waals surface area (Å²) in [7, 11) is 0. The first-order chi connectivity index (χ1) is 4.83. The van der Waals surface area contributed by atoms with Crippen molar-refractivity contribution < 1.29 is 15.0 Å². The molecule has 6 N–H and O–H groups in total. The van der Waals surface area contributed by atoms with Gasteiger partial charge in [0.2, 0.25) is 0 Å².